The highest BCUT2D eigenvalue weighted by molar-refractivity contribution is 6.36. The number of carbonyl (C=O) groups is 3. The Kier molecular flexibility index (Phi) is 16.9. The monoisotopic (exact) mass is 1050 g/mol. The van der Waals surface area contributed by atoms with Crippen molar-refractivity contribution in [2.45, 2.75) is 84.0 Å². The van der Waals surface area contributed by atoms with E-state index >= 15 is 0 Å². The Hall–Kier alpha value is -7.57. The summed E-state index contributed by atoms with van der Waals surface area (Å²) in [5.74, 6) is 0.119. The molecule has 6 aromatic carbocycles. The summed E-state index contributed by atoms with van der Waals surface area (Å²) in [6.45, 7) is 8.95. The second kappa shape index (κ2) is 24.6. The smallest absolute Gasteiger partial charge is 0.280 e. The molecule has 6 aromatic rings. The number of rotatable bonds is 7. The Morgan fingerprint density at radius 2 is 0.727 bits per heavy atom. The highest BCUT2D eigenvalue weighted by Crippen LogP contribution is 2.34. The number of benzene rings is 6. The normalized spacial score (nSPS) is 17.5. The number of halogens is 1. The zero-order valence-corrected chi connectivity index (χ0v) is 44.8. The van der Waals surface area contributed by atoms with Crippen molar-refractivity contribution in [3.8, 4) is 0 Å². The molecule has 6 heterocycles. The van der Waals surface area contributed by atoms with E-state index in [9.17, 15) is 24.5 Å². The standard InChI is InChI=1S/C22H24N2O.C21H21ClN2O.C21H21N3O3/c1-16-14-17(24-12-6-2-3-7-13-24)10-11-18(16)22-20-9-5-4-8-19(20)21(25)15-23-22;22-19-13-15(24-11-5-1-2-6-12-24)9-10-18(19)21-17-8-4-3-7-16(17)20(25)14-23-21;25-20-14-22-21(17-8-4-3-7-16(17)20)18-10-9-15(13-19(18)24(26)27)23-11-5-1-2-6-12-23/h4-5,8-11,14H,2-3,6-7,12-13,15H2,1H3;3-4,7-10,13H,1-2,5-6,11-12,14H2;3-4,7-10,13H,1-2,5-6,11-12,14H2. The Morgan fingerprint density at radius 3 is 1.10 bits per heavy atom. The third-order valence-electron chi connectivity index (χ3n) is 15.6. The van der Waals surface area contributed by atoms with Gasteiger partial charge in [-0.25, -0.2) is 0 Å². The number of nitrogens with zero attached hydrogens (tertiary/aromatic N) is 7. The average molecular weight is 1050 g/mol. The van der Waals surface area contributed by atoms with E-state index in [0.717, 1.165) is 103 Å². The molecule has 77 heavy (non-hydrogen) atoms. The molecular weight excluding hydrogens is 982 g/mol. The van der Waals surface area contributed by atoms with Crippen LogP contribution in [0.4, 0.5) is 22.7 Å². The SMILES string of the molecule is Cc1cc(N2CCCCCC2)ccc1C1=NCC(=O)c2ccccc21.O=C1CN=C(c2ccc(N3CCCCCC3)cc2Cl)c2ccccc21.O=C1CN=C(c2ccc(N3CCCCCC3)cc2[N+](=O)[O-])c2ccccc21. The lowest BCUT2D eigenvalue weighted by Gasteiger charge is -2.24. The lowest BCUT2D eigenvalue weighted by Crippen LogP contribution is -2.24. The highest BCUT2D eigenvalue weighted by Gasteiger charge is 2.29. The Labute approximate surface area is 456 Å². The fourth-order valence-electron chi connectivity index (χ4n) is 11.5. The van der Waals surface area contributed by atoms with Gasteiger partial charge in [0.2, 0.25) is 0 Å². The minimum absolute atomic E-state index is 0.0252. The topological polar surface area (TPSA) is 141 Å². The molecule has 0 spiro atoms. The maximum atomic E-state index is 12.1. The molecular formula is C64H66ClN7O5. The van der Waals surface area contributed by atoms with Crippen molar-refractivity contribution >= 4 is 68.8 Å². The number of Topliss-reactive ketones (excluding diaryl/α,β-unsaturated/α-hetero) is 3. The lowest BCUT2D eigenvalue weighted by molar-refractivity contribution is -0.385. The van der Waals surface area contributed by atoms with E-state index < -0.39 is 0 Å². The van der Waals surface area contributed by atoms with Gasteiger partial charge < -0.3 is 14.7 Å². The van der Waals surface area contributed by atoms with Gasteiger partial charge in [0.1, 0.15) is 19.6 Å². The predicted molar refractivity (Wildman–Crippen MR) is 312 cm³/mol. The number of nitro groups is 1. The Morgan fingerprint density at radius 1 is 0.403 bits per heavy atom. The molecule has 0 N–H and O–H groups in total. The minimum atomic E-state index is -0.349. The van der Waals surface area contributed by atoms with Gasteiger partial charge >= 0.3 is 0 Å². The molecule has 0 atom stereocenters. The molecule has 3 saturated heterocycles. The van der Waals surface area contributed by atoms with Gasteiger partial charge in [-0.1, -0.05) is 129 Å². The van der Waals surface area contributed by atoms with E-state index in [0.29, 0.717) is 27.4 Å². The quantitative estimate of drug-likeness (QED) is 0.114. The van der Waals surface area contributed by atoms with Crippen LogP contribution in [-0.4, -0.2) is 98.3 Å². The molecule has 3 fully saturated rings. The van der Waals surface area contributed by atoms with Gasteiger partial charge in [0.05, 0.1) is 32.6 Å². The molecule has 0 radical (unpaired) electrons. The minimum Gasteiger partial charge on any atom is -0.372 e. The van der Waals surface area contributed by atoms with Gasteiger partial charge in [0, 0.05) is 107 Å². The van der Waals surface area contributed by atoms with E-state index in [4.69, 9.17) is 11.6 Å². The molecule has 6 aliphatic heterocycles. The first kappa shape index (κ1) is 52.9. The van der Waals surface area contributed by atoms with Crippen LogP contribution < -0.4 is 14.7 Å². The molecule has 0 aromatic heterocycles. The van der Waals surface area contributed by atoms with Gasteiger partial charge in [-0.2, -0.15) is 0 Å². The van der Waals surface area contributed by atoms with E-state index in [1.54, 1.807) is 30.3 Å². The van der Waals surface area contributed by atoms with E-state index in [-0.39, 0.29) is 47.6 Å². The molecule has 13 heteroatoms. The number of hydrogen-bond acceptors (Lipinski definition) is 11. The number of aliphatic imine (C=N–C) groups is 3. The summed E-state index contributed by atoms with van der Waals surface area (Å²) in [5, 5.41) is 12.5. The molecule has 12 rings (SSSR count). The average Bonchev–Trinajstić information content (AvgIpc) is 4.03. The second-order valence-corrected chi connectivity index (χ2v) is 21.1. The van der Waals surface area contributed by atoms with Crippen molar-refractivity contribution in [3.63, 3.8) is 0 Å². The number of anilines is 3. The molecule has 0 amide bonds. The van der Waals surface area contributed by atoms with Crippen LogP contribution in [-0.2, 0) is 0 Å². The van der Waals surface area contributed by atoms with Crippen LogP contribution in [0.15, 0.2) is 142 Å². The van der Waals surface area contributed by atoms with Gasteiger partial charge in [-0.05, 0) is 93.5 Å². The van der Waals surface area contributed by atoms with Crippen LogP contribution in [0.25, 0.3) is 0 Å². The zero-order valence-electron chi connectivity index (χ0n) is 44.0. The summed E-state index contributed by atoms with van der Waals surface area (Å²) in [6.07, 6.45) is 15.0. The molecule has 0 saturated carbocycles. The molecule has 0 aliphatic carbocycles. The molecule has 12 nitrogen and oxygen atoms in total. The van der Waals surface area contributed by atoms with Crippen molar-refractivity contribution in [3.05, 3.63) is 198 Å². The first-order valence-corrected chi connectivity index (χ1v) is 28.0. The Bertz CT molecular complexity index is 3140. The first-order valence-electron chi connectivity index (χ1n) is 27.6. The maximum absolute atomic E-state index is 12.1. The largest absolute Gasteiger partial charge is 0.372 e. The van der Waals surface area contributed by atoms with Crippen LogP contribution in [0.2, 0.25) is 5.02 Å². The third kappa shape index (κ3) is 12.0. The van der Waals surface area contributed by atoms with Gasteiger partial charge in [-0.15, -0.1) is 0 Å². The number of carbonyl (C=O) groups excluding carboxylic acids is 3. The molecule has 394 valence electrons. The fraction of sp³-hybridized carbons (Fsp3) is 0.344. The maximum Gasteiger partial charge on any atom is 0.280 e. The van der Waals surface area contributed by atoms with E-state index in [1.807, 2.05) is 72.8 Å². The van der Waals surface area contributed by atoms with Crippen LogP contribution in [0.3, 0.4) is 0 Å². The van der Waals surface area contributed by atoms with Crippen molar-refractivity contribution in [2.75, 3.05) is 73.6 Å². The number of nitro benzene ring substituents is 1. The summed E-state index contributed by atoms with van der Waals surface area (Å²) in [4.78, 5) is 68.4. The van der Waals surface area contributed by atoms with Crippen molar-refractivity contribution in [1.82, 2.24) is 0 Å². The van der Waals surface area contributed by atoms with Crippen LogP contribution in [0, 0.1) is 17.0 Å². The zero-order chi connectivity index (χ0) is 53.3. The summed E-state index contributed by atoms with van der Waals surface area (Å²) in [7, 11) is 0. The van der Waals surface area contributed by atoms with Crippen LogP contribution in [0.1, 0.15) is 147 Å². The van der Waals surface area contributed by atoms with E-state index in [2.05, 4.69) is 60.9 Å². The summed E-state index contributed by atoms with van der Waals surface area (Å²) < 4.78 is 0. The van der Waals surface area contributed by atoms with Gasteiger partial charge in [-0.3, -0.25) is 39.5 Å². The van der Waals surface area contributed by atoms with Crippen LogP contribution in [0.5, 0.6) is 0 Å². The summed E-state index contributed by atoms with van der Waals surface area (Å²) >= 11 is 6.63. The summed E-state index contributed by atoms with van der Waals surface area (Å²) in [5.41, 5.74) is 14.1. The van der Waals surface area contributed by atoms with Crippen LogP contribution >= 0.6 is 11.6 Å². The number of fused-ring (bicyclic) bond motifs is 3. The van der Waals surface area contributed by atoms with Crippen molar-refractivity contribution in [1.29, 1.82) is 0 Å². The third-order valence-corrected chi connectivity index (χ3v) is 15.9. The first-order chi connectivity index (χ1) is 37.6. The Balaban J connectivity index is 0.000000131. The van der Waals surface area contributed by atoms with Gasteiger partial charge in [0.25, 0.3) is 5.69 Å². The lowest BCUT2D eigenvalue weighted by atomic mass is 9.90. The molecule has 6 aliphatic rings. The molecule has 0 bridgehead atoms. The molecule has 0 unspecified atom stereocenters. The van der Waals surface area contributed by atoms with Gasteiger partial charge in [0.15, 0.2) is 17.3 Å². The summed E-state index contributed by atoms with van der Waals surface area (Å²) in [6, 6.07) is 40.9. The van der Waals surface area contributed by atoms with Crippen molar-refractivity contribution in [2.24, 2.45) is 15.0 Å². The highest BCUT2D eigenvalue weighted by atomic mass is 35.5. The number of aryl methyl sites for hydroxylation is 1. The van der Waals surface area contributed by atoms with E-state index in [1.165, 1.54) is 81.1 Å². The second-order valence-electron chi connectivity index (χ2n) is 20.7. The predicted octanol–water partition coefficient (Wildman–Crippen LogP) is 13.2. The number of hydrogen-bond donors (Lipinski definition) is 0. The number of ketones is 3. The van der Waals surface area contributed by atoms with Crippen molar-refractivity contribution < 1.29 is 19.3 Å². The fourth-order valence-corrected chi connectivity index (χ4v) is 11.8.